The van der Waals surface area contributed by atoms with Gasteiger partial charge in [-0.15, -0.1) is 0 Å². The number of hydrogen-bond acceptors (Lipinski definition) is 4. The van der Waals surface area contributed by atoms with E-state index in [1.165, 1.54) is 16.4 Å². The first-order chi connectivity index (χ1) is 8.57. The maximum Gasteiger partial charge on any atom is 0.244 e. The normalized spacial score (nSPS) is 21.4. The highest BCUT2D eigenvalue weighted by molar-refractivity contribution is 7.89. The monoisotopic (exact) mass is 265 g/mol. The van der Waals surface area contributed by atoms with Gasteiger partial charge in [0, 0.05) is 25.7 Å². The number of hydrogen-bond donors (Lipinski definition) is 1. The molecule has 1 atom stereocenters. The number of piperazine rings is 1. The molecule has 0 aromatic heterocycles. The molecule has 1 N–H and O–H groups in total. The largest absolute Gasteiger partial charge is 0.314 e. The van der Waals surface area contributed by atoms with Gasteiger partial charge >= 0.3 is 0 Å². The van der Waals surface area contributed by atoms with Gasteiger partial charge in [-0.3, -0.25) is 0 Å². The fourth-order valence-corrected chi connectivity index (χ4v) is 3.86. The molecule has 0 aliphatic carbocycles. The third-order valence-corrected chi connectivity index (χ3v) is 5.11. The number of rotatable bonds is 2. The summed E-state index contributed by atoms with van der Waals surface area (Å²) in [5.41, 5.74) is 0.197. The molecule has 0 bridgehead atoms. The Morgan fingerprint density at radius 1 is 1.44 bits per heavy atom. The van der Waals surface area contributed by atoms with Crippen molar-refractivity contribution in [2.45, 2.75) is 17.9 Å². The van der Waals surface area contributed by atoms with Crippen LogP contribution in [-0.2, 0) is 10.0 Å². The Kier molecular flexibility index (Phi) is 3.66. The Morgan fingerprint density at radius 3 is 2.83 bits per heavy atom. The standard InChI is InChI=1S/C12H15N3O2S/c1-10-9-14-6-7-15(10)18(16,17)12-5-3-2-4-11(12)8-13/h2-5,10,14H,6-7,9H2,1H3/t10-/m0/s1. The number of benzene rings is 1. The molecule has 1 fully saturated rings. The summed E-state index contributed by atoms with van der Waals surface area (Å²) in [6.07, 6.45) is 0. The highest BCUT2D eigenvalue weighted by Crippen LogP contribution is 2.22. The lowest BCUT2D eigenvalue weighted by Gasteiger charge is -2.33. The summed E-state index contributed by atoms with van der Waals surface area (Å²) < 4.78 is 26.5. The van der Waals surface area contributed by atoms with Crippen LogP contribution in [0.4, 0.5) is 0 Å². The van der Waals surface area contributed by atoms with Gasteiger partial charge in [-0.25, -0.2) is 8.42 Å². The number of nitriles is 1. The van der Waals surface area contributed by atoms with Gasteiger partial charge in [-0.2, -0.15) is 9.57 Å². The second-order valence-electron chi connectivity index (χ2n) is 4.28. The van der Waals surface area contributed by atoms with E-state index in [4.69, 9.17) is 5.26 Å². The molecule has 0 unspecified atom stereocenters. The molecular formula is C12H15N3O2S. The summed E-state index contributed by atoms with van der Waals surface area (Å²) in [4.78, 5) is 0.0984. The van der Waals surface area contributed by atoms with Gasteiger partial charge in [-0.1, -0.05) is 12.1 Å². The van der Waals surface area contributed by atoms with E-state index in [2.05, 4.69) is 5.32 Å². The summed E-state index contributed by atoms with van der Waals surface area (Å²) in [6, 6.07) is 8.15. The first kappa shape index (κ1) is 13.0. The summed E-state index contributed by atoms with van der Waals surface area (Å²) >= 11 is 0. The van der Waals surface area contributed by atoms with E-state index in [1.54, 1.807) is 12.1 Å². The summed E-state index contributed by atoms with van der Waals surface area (Å²) in [5.74, 6) is 0. The van der Waals surface area contributed by atoms with Gasteiger partial charge in [-0.05, 0) is 19.1 Å². The molecule has 1 aromatic carbocycles. The molecule has 18 heavy (non-hydrogen) atoms. The zero-order chi connectivity index (χ0) is 13.2. The predicted molar refractivity (Wildman–Crippen MR) is 67.4 cm³/mol. The van der Waals surface area contributed by atoms with Gasteiger partial charge in [0.05, 0.1) is 10.5 Å². The molecule has 0 radical (unpaired) electrons. The lowest BCUT2D eigenvalue weighted by molar-refractivity contribution is 0.284. The van der Waals surface area contributed by atoms with Crippen LogP contribution in [0, 0.1) is 11.3 Å². The van der Waals surface area contributed by atoms with Crippen LogP contribution in [0.2, 0.25) is 0 Å². The summed E-state index contributed by atoms with van der Waals surface area (Å²) in [6.45, 7) is 3.56. The van der Waals surface area contributed by atoms with E-state index in [-0.39, 0.29) is 16.5 Å². The molecule has 1 heterocycles. The highest BCUT2D eigenvalue weighted by Gasteiger charge is 2.32. The van der Waals surface area contributed by atoms with Crippen molar-refractivity contribution in [1.29, 1.82) is 5.26 Å². The van der Waals surface area contributed by atoms with Crippen molar-refractivity contribution in [3.05, 3.63) is 29.8 Å². The SMILES string of the molecule is C[C@H]1CNCCN1S(=O)(=O)c1ccccc1C#N. The van der Waals surface area contributed by atoms with Crippen molar-refractivity contribution >= 4 is 10.0 Å². The van der Waals surface area contributed by atoms with Crippen LogP contribution in [0.15, 0.2) is 29.2 Å². The van der Waals surface area contributed by atoms with Crippen LogP contribution < -0.4 is 5.32 Å². The van der Waals surface area contributed by atoms with E-state index in [9.17, 15) is 8.42 Å². The molecular weight excluding hydrogens is 250 g/mol. The first-order valence-electron chi connectivity index (χ1n) is 5.79. The Morgan fingerprint density at radius 2 is 2.17 bits per heavy atom. The van der Waals surface area contributed by atoms with Gasteiger partial charge in [0.25, 0.3) is 0 Å². The molecule has 1 aromatic rings. The lowest BCUT2D eigenvalue weighted by Crippen LogP contribution is -2.52. The molecule has 6 heteroatoms. The van der Waals surface area contributed by atoms with Crippen LogP contribution >= 0.6 is 0 Å². The second-order valence-corrected chi connectivity index (χ2v) is 6.14. The average molecular weight is 265 g/mol. The molecule has 5 nitrogen and oxygen atoms in total. The third kappa shape index (κ3) is 2.25. The Bertz CT molecular complexity index is 577. The molecule has 0 saturated carbocycles. The average Bonchev–Trinajstić information content (AvgIpc) is 2.39. The molecule has 96 valence electrons. The quantitative estimate of drug-likeness (QED) is 0.847. The Labute approximate surface area is 107 Å². The predicted octanol–water partition coefficient (Wildman–Crippen LogP) is 0.541. The van der Waals surface area contributed by atoms with Crippen LogP contribution in [0.25, 0.3) is 0 Å². The fraction of sp³-hybridized carbons (Fsp3) is 0.417. The highest BCUT2D eigenvalue weighted by atomic mass is 32.2. The van der Waals surface area contributed by atoms with E-state index < -0.39 is 10.0 Å². The smallest absolute Gasteiger partial charge is 0.244 e. The van der Waals surface area contributed by atoms with E-state index in [1.807, 2.05) is 13.0 Å². The molecule has 1 aliphatic rings. The van der Waals surface area contributed by atoms with Crippen molar-refractivity contribution in [3.8, 4) is 6.07 Å². The van der Waals surface area contributed by atoms with Crippen molar-refractivity contribution in [2.24, 2.45) is 0 Å². The lowest BCUT2D eigenvalue weighted by atomic mass is 10.2. The number of sulfonamides is 1. The van der Waals surface area contributed by atoms with Crippen LogP contribution in [0.5, 0.6) is 0 Å². The van der Waals surface area contributed by atoms with E-state index >= 15 is 0 Å². The van der Waals surface area contributed by atoms with Crippen molar-refractivity contribution in [2.75, 3.05) is 19.6 Å². The molecule has 2 rings (SSSR count). The third-order valence-electron chi connectivity index (χ3n) is 3.03. The van der Waals surface area contributed by atoms with E-state index in [0.717, 1.165) is 0 Å². The fourth-order valence-electron chi connectivity index (χ4n) is 2.09. The van der Waals surface area contributed by atoms with Crippen LogP contribution in [0.3, 0.4) is 0 Å². The van der Waals surface area contributed by atoms with Gasteiger partial charge < -0.3 is 5.32 Å². The Balaban J connectivity index is 2.45. The van der Waals surface area contributed by atoms with Crippen molar-refractivity contribution < 1.29 is 8.42 Å². The molecule has 0 amide bonds. The number of nitrogens with zero attached hydrogens (tertiary/aromatic N) is 2. The maximum atomic E-state index is 12.5. The molecule has 0 spiro atoms. The van der Waals surface area contributed by atoms with Crippen molar-refractivity contribution in [1.82, 2.24) is 9.62 Å². The zero-order valence-electron chi connectivity index (χ0n) is 10.1. The minimum absolute atomic E-state index is 0.0984. The first-order valence-corrected chi connectivity index (χ1v) is 7.23. The number of nitrogens with one attached hydrogen (secondary N) is 1. The Hall–Kier alpha value is -1.42. The van der Waals surface area contributed by atoms with Gasteiger partial charge in [0.2, 0.25) is 10.0 Å². The molecule has 1 aliphatic heterocycles. The van der Waals surface area contributed by atoms with Gasteiger partial charge in [0.15, 0.2) is 0 Å². The topological polar surface area (TPSA) is 73.2 Å². The van der Waals surface area contributed by atoms with Gasteiger partial charge in [0.1, 0.15) is 6.07 Å². The minimum atomic E-state index is -3.58. The zero-order valence-corrected chi connectivity index (χ0v) is 10.9. The summed E-state index contributed by atoms with van der Waals surface area (Å²) in [7, 11) is -3.58. The van der Waals surface area contributed by atoms with E-state index in [0.29, 0.717) is 19.6 Å². The minimum Gasteiger partial charge on any atom is -0.314 e. The maximum absolute atomic E-state index is 12.5. The van der Waals surface area contributed by atoms with Crippen molar-refractivity contribution in [3.63, 3.8) is 0 Å². The van der Waals surface area contributed by atoms with Crippen LogP contribution in [-0.4, -0.2) is 38.4 Å². The second kappa shape index (κ2) is 5.06. The van der Waals surface area contributed by atoms with Crippen LogP contribution in [0.1, 0.15) is 12.5 Å². The molecule has 1 saturated heterocycles. The summed E-state index contributed by atoms with van der Waals surface area (Å²) in [5, 5.41) is 12.1.